The average Bonchev–Trinajstić information content (AvgIpc) is 2.31. The van der Waals surface area contributed by atoms with E-state index in [1.54, 1.807) is 0 Å². The molecule has 0 aromatic carbocycles. The van der Waals surface area contributed by atoms with Gasteiger partial charge in [-0.15, -0.1) is 0 Å². The standard InChI is InChI=1S/C16H36N2O/c1-8-16(7,12-17-15(4,5)6)13-18(14(2)3)10-9-11-19/h14,17,19H,8-13H2,1-7H3. The highest BCUT2D eigenvalue weighted by atomic mass is 16.3. The van der Waals surface area contributed by atoms with E-state index in [9.17, 15) is 0 Å². The average molecular weight is 272 g/mol. The van der Waals surface area contributed by atoms with Gasteiger partial charge < -0.3 is 15.3 Å². The molecule has 1 unspecified atom stereocenters. The first kappa shape index (κ1) is 18.9. The number of nitrogens with one attached hydrogen (secondary N) is 1. The molecule has 0 heterocycles. The largest absolute Gasteiger partial charge is 0.396 e. The van der Waals surface area contributed by atoms with Crippen LogP contribution in [0.1, 0.15) is 61.3 Å². The molecule has 0 aromatic heterocycles. The Morgan fingerprint density at radius 1 is 1.16 bits per heavy atom. The topological polar surface area (TPSA) is 35.5 Å². The van der Waals surface area contributed by atoms with Gasteiger partial charge in [-0.3, -0.25) is 0 Å². The Morgan fingerprint density at radius 2 is 1.74 bits per heavy atom. The van der Waals surface area contributed by atoms with Crippen molar-refractivity contribution in [2.45, 2.75) is 72.9 Å². The fourth-order valence-electron chi connectivity index (χ4n) is 2.06. The first-order valence-electron chi connectivity index (χ1n) is 7.73. The van der Waals surface area contributed by atoms with Crippen LogP contribution >= 0.6 is 0 Å². The van der Waals surface area contributed by atoms with Gasteiger partial charge in [0.2, 0.25) is 0 Å². The summed E-state index contributed by atoms with van der Waals surface area (Å²) in [5.74, 6) is 0. The molecule has 0 saturated heterocycles. The third-order valence-corrected chi connectivity index (χ3v) is 3.82. The molecule has 0 aliphatic rings. The maximum Gasteiger partial charge on any atom is 0.0443 e. The lowest BCUT2D eigenvalue weighted by Gasteiger charge is -2.39. The number of aliphatic hydroxyl groups is 1. The molecule has 0 aromatic rings. The quantitative estimate of drug-likeness (QED) is 0.677. The monoisotopic (exact) mass is 272 g/mol. The first-order valence-corrected chi connectivity index (χ1v) is 7.73. The second-order valence-electron chi connectivity index (χ2n) is 7.41. The van der Waals surface area contributed by atoms with Gasteiger partial charge in [-0.1, -0.05) is 13.8 Å². The maximum absolute atomic E-state index is 9.02. The summed E-state index contributed by atoms with van der Waals surface area (Å²) in [5, 5.41) is 12.7. The fraction of sp³-hybridized carbons (Fsp3) is 1.00. The first-order chi connectivity index (χ1) is 8.63. The lowest BCUT2D eigenvalue weighted by Crippen LogP contribution is -2.49. The highest BCUT2D eigenvalue weighted by Crippen LogP contribution is 2.24. The van der Waals surface area contributed by atoms with E-state index in [0.29, 0.717) is 6.04 Å². The lowest BCUT2D eigenvalue weighted by molar-refractivity contribution is 0.112. The van der Waals surface area contributed by atoms with E-state index < -0.39 is 0 Å². The molecule has 0 radical (unpaired) electrons. The molecule has 0 aliphatic heterocycles. The summed E-state index contributed by atoms with van der Waals surface area (Å²) >= 11 is 0. The van der Waals surface area contributed by atoms with E-state index >= 15 is 0 Å². The third kappa shape index (κ3) is 8.61. The molecule has 3 heteroatoms. The molecule has 3 nitrogen and oxygen atoms in total. The molecule has 0 spiro atoms. The summed E-state index contributed by atoms with van der Waals surface area (Å²) in [4.78, 5) is 2.49. The second-order valence-corrected chi connectivity index (χ2v) is 7.41. The maximum atomic E-state index is 9.02. The van der Waals surface area contributed by atoms with Gasteiger partial charge in [-0.05, 0) is 52.9 Å². The van der Waals surface area contributed by atoms with Gasteiger partial charge in [0.15, 0.2) is 0 Å². The SMILES string of the molecule is CCC(C)(CNC(C)(C)C)CN(CCCO)C(C)C. The van der Waals surface area contributed by atoms with Gasteiger partial charge >= 0.3 is 0 Å². The molecule has 0 amide bonds. The Bertz CT molecular complexity index is 235. The summed E-state index contributed by atoms with van der Waals surface area (Å²) in [6, 6.07) is 0.534. The van der Waals surface area contributed by atoms with Crippen molar-refractivity contribution in [3.63, 3.8) is 0 Å². The van der Waals surface area contributed by atoms with E-state index in [1.807, 2.05) is 0 Å². The fourth-order valence-corrected chi connectivity index (χ4v) is 2.06. The molecule has 0 aliphatic carbocycles. The van der Waals surface area contributed by atoms with Crippen LogP contribution in [0.3, 0.4) is 0 Å². The minimum absolute atomic E-state index is 0.171. The van der Waals surface area contributed by atoms with E-state index in [1.165, 1.54) is 6.42 Å². The zero-order chi connectivity index (χ0) is 15.1. The molecule has 0 rings (SSSR count). The van der Waals surface area contributed by atoms with Crippen LogP contribution < -0.4 is 5.32 Å². The van der Waals surface area contributed by atoms with E-state index in [-0.39, 0.29) is 17.6 Å². The number of hydrogen-bond acceptors (Lipinski definition) is 3. The molecular formula is C16H36N2O. The highest BCUT2D eigenvalue weighted by molar-refractivity contribution is 4.84. The summed E-state index contributed by atoms with van der Waals surface area (Å²) in [6.45, 7) is 19.2. The molecule has 116 valence electrons. The van der Waals surface area contributed by atoms with Crippen molar-refractivity contribution < 1.29 is 5.11 Å². The molecule has 0 fully saturated rings. The Hall–Kier alpha value is -0.120. The van der Waals surface area contributed by atoms with Crippen molar-refractivity contribution in [2.75, 3.05) is 26.2 Å². The Balaban J connectivity index is 4.54. The molecule has 1 atom stereocenters. The Labute approximate surface area is 120 Å². The number of rotatable bonds is 9. The van der Waals surface area contributed by atoms with Crippen molar-refractivity contribution >= 4 is 0 Å². The normalized spacial score (nSPS) is 16.1. The van der Waals surface area contributed by atoms with Crippen molar-refractivity contribution in [1.82, 2.24) is 10.2 Å². The van der Waals surface area contributed by atoms with Crippen molar-refractivity contribution in [2.24, 2.45) is 5.41 Å². The molecule has 0 bridgehead atoms. The van der Waals surface area contributed by atoms with Crippen LogP contribution in [0, 0.1) is 5.41 Å². The summed E-state index contributed by atoms with van der Waals surface area (Å²) in [5.41, 5.74) is 0.456. The summed E-state index contributed by atoms with van der Waals surface area (Å²) in [7, 11) is 0. The minimum atomic E-state index is 0.171. The summed E-state index contributed by atoms with van der Waals surface area (Å²) < 4.78 is 0. The number of hydrogen-bond donors (Lipinski definition) is 2. The van der Waals surface area contributed by atoms with E-state index in [0.717, 1.165) is 26.1 Å². The summed E-state index contributed by atoms with van der Waals surface area (Å²) in [6.07, 6.45) is 2.03. The van der Waals surface area contributed by atoms with Crippen LogP contribution in [-0.4, -0.2) is 47.8 Å². The molecule has 19 heavy (non-hydrogen) atoms. The van der Waals surface area contributed by atoms with Gasteiger partial charge in [0.1, 0.15) is 0 Å². The molecule has 2 N–H and O–H groups in total. The van der Waals surface area contributed by atoms with Gasteiger partial charge in [0.05, 0.1) is 0 Å². The van der Waals surface area contributed by atoms with Gasteiger partial charge in [-0.2, -0.15) is 0 Å². The highest BCUT2D eigenvalue weighted by Gasteiger charge is 2.27. The van der Waals surface area contributed by atoms with E-state index in [2.05, 4.69) is 58.7 Å². The van der Waals surface area contributed by atoms with Gasteiger partial charge in [0, 0.05) is 37.8 Å². The van der Waals surface area contributed by atoms with Crippen LogP contribution in [0.5, 0.6) is 0 Å². The second kappa shape index (κ2) is 8.23. The predicted molar refractivity (Wildman–Crippen MR) is 84.6 cm³/mol. The van der Waals surface area contributed by atoms with Gasteiger partial charge in [-0.25, -0.2) is 0 Å². The minimum Gasteiger partial charge on any atom is -0.396 e. The van der Waals surface area contributed by atoms with Gasteiger partial charge in [0.25, 0.3) is 0 Å². The van der Waals surface area contributed by atoms with Crippen molar-refractivity contribution in [3.8, 4) is 0 Å². The van der Waals surface area contributed by atoms with Crippen molar-refractivity contribution in [3.05, 3.63) is 0 Å². The van der Waals surface area contributed by atoms with Crippen LogP contribution in [0.2, 0.25) is 0 Å². The Morgan fingerprint density at radius 3 is 2.11 bits per heavy atom. The molecular weight excluding hydrogens is 236 g/mol. The predicted octanol–water partition coefficient (Wildman–Crippen LogP) is 2.88. The number of aliphatic hydroxyl groups excluding tert-OH is 1. The van der Waals surface area contributed by atoms with Crippen LogP contribution in [-0.2, 0) is 0 Å². The van der Waals surface area contributed by atoms with Crippen molar-refractivity contribution in [1.29, 1.82) is 0 Å². The van der Waals surface area contributed by atoms with Crippen LogP contribution in [0.15, 0.2) is 0 Å². The Kier molecular flexibility index (Phi) is 8.18. The smallest absolute Gasteiger partial charge is 0.0443 e. The van der Waals surface area contributed by atoms with E-state index in [4.69, 9.17) is 5.11 Å². The number of nitrogens with zero attached hydrogens (tertiary/aromatic N) is 1. The zero-order valence-electron chi connectivity index (χ0n) is 14.2. The third-order valence-electron chi connectivity index (χ3n) is 3.82. The zero-order valence-corrected chi connectivity index (χ0v) is 14.2. The lowest BCUT2D eigenvalue weighted by atomic mass is 9.85. The van der Waals surface area contributed by atoms with Crippen LogP contribution in [0.4, 0.5) is 0 Å². The van der Waals surface area contributed by atoms with Crippen LogP contribution in [0.25, 0.3) is 0 Å². The molecule has 0 saturated carbocycles.